The van der Waals surface area contributed by atoms with Crippen molar-refractivity contribution < 1.29 is 9.59 Å². The number of carbonyl (C=O) groups excluding carboxylic acids is 2. The lowest BCUT2D eigenvalue weighted by Gasteiger charge is -2.19. The molecule has 162 valence electrons. The van der Waals surface area contributed by atoms with Gasteiger partial charge in [0.15, 0.2) is 10.3 Å². The maximum Gasteiger partial charge on any atom is 0.257 e. The van der Waals surface area contributed by atoms with Gasteiger partial charge in [-0.1, -0.05) is 29.0 Å². The Kier molecular flexibility index (Phi) is 5.67. The van der Waals surface area contributed by atoms with Crippen LogP contribution in [0.2, 0.25) is 5.02 Å². The molecule has 2 N–H and O–H groups in total. The molecular formula is C23H19ClN4O2S2. The Bertz CT molecular complexity index is 1330. The number of nitrogens with zero attached hydrogens (tertiary/aromatic N) is 2. The van der Waals surface area contributed by atoms with Crippen LogP contribution in [0.1, 0.15) is 45.3 Å². The molecule has 0 bridgehead atoms. The van der Waals surface area contributed by atoms with Crippen LogP contribution in [0.15, 0.2) is 42.5 Å². The first-order valence-corrected chi connectivity index (χ1v) is 12.2. The SMILES string of the molecule is Cc1ccc2nc(NC(=O)C3CCCc4sc(NC(=O)c5ccc(Cl)cc5)nc43)sc2c1. The van der Waals surface area contributed by atoms with Gasteiger partial charge < -0.3 is 5.32 Å². The van der Waals surface area contributed by atoms with Gasteiger partial charge >= 0.3 is 0 Å². The Hall–Kier alpha value is -2.81. The van der Waals surface area contributed by atoms with Gasteiger partial charge in [-0.05, 0) is 68.1 Å². The molecule has 5 rings (SSSR count). The number of nitrogens with one attached hydrogen (secondary N) is 2. The summed E-state index contributed by atoms with van der Waals surface area (Å²) in [6.07, 6.45) is 2.47. The fourth-order valence-electron chi connectivity index (χ4n) is 3.78. The summed E-state index contributed by atoms with van der Waals surface area (Å²) in [7, 11) is 0. The monoisotopic (exact) mass is 482 g/mol. The molecule has 0 aliphatic heterocycles. The number of aryl methyl sites for hydroxylation is 2. The predicted octanol–water partition coefficient (Wildman–Crippen LogP) is 6.03. The molecule has 1 unspecified atom stereocenters. The lowest BCUT2D eigenvalue weighted by molar-refractivity contribution is -0.117. The third-order valence-electron chi connectivity index (χ3n) is 5.37. The minimum atomic E-state index is -0.357. The van der Waals surface area contributed by atoms with Crippen molar-refractivity contribution >= 4 is 66.6 Å². The molecule has 0 spiro atoms. The first-order valence-electron chi connectivity index (χ1n) is 10.2. The summed E-state index contributed by atoms with van der Waals surface area (Å²) in [5.41, 5.74) is 3.29. The highest BCUT2D eigenvalue weighted by Crippen LogP contribution is 2.38. The van der Waals surface area contributed by atoms with E-state index in [1.807, 2.05) is 19.1 Å². The van der Waals surface area contributed by atoms with Crippen LogP contribution in [-0.4, -0.2) is 21.8 Å². The van der Waals surface area contributed by atoms with Crippen molar-refractivity contribution in [2.45, 2.75) is 32.1 Å². The summed E-state index contributed by atoms with van der Waals surface area (Å²) in [5.74, 6) is -0.717. The fraction of sp³-hybridized carbons (Fsp3) is 0.217. The van der Waals surface area contributed by atoms with Gasteiger partial charge in [0.1, 0.15) is 0 Å². The zero-order valence-corrected chi connectivity index (χ0v) is 19.5. The molecule has 6 nitrogen and oxygen atoms in total. The van der Waals surface area contributed by atoms with Crippen LogP contribution >= 0.6 is 34.3 Å². The number of anilines is 2. The smallest absolute Gasteiger partial charge is 0.257 e. The number of hydrogen-bond donors (Lipinski definition) is 2. The van der Waals surface area contributed by atoms with Crippen molar-refractivity contribution in [1.82, 2.24) is 9.97 Å². The third-order valence-corrected chi connectivity index (χ3v) is 7.60. The molecule has 32 heavy (non-hydrogen) atoms. The second-order valence-corrected chi connectivity index (χ2v) is 10.3. The lowest BCUT2D eigenvalue weighted by Crippen LogP contribution is -2.24. The van der Waals surface area contributed by atoms with Gasteiger partial charge in [0.25, 0.3) is 5.91 Å². The van der Waals surface area contributed by atoms with E-state index in [2.05, 4.69) is 26.7 Å². The average Bonchev–Trinajstić information content (AvgIpc) is 3.36. The van der Waals surface area contributed by atoms with Gasteiger partial charge in [0, 0.05) is 15.5 Å². The Balaban J connectivity index is 1.33. The highest BCUT2D eigenvalue weighted by molar-refractivity contribution is 7.22. The van der Waals surface area contributed by atoms with E-state index < -0.39 is 0 Å². The van der Waals surface area contributed by atoms with Crippen molar-refractivity contribution in [1.29, 1.82) is 0 Å². The quantitative estimate of drug-likeness (QED) is 0.372. The predicted molar refractivity (Wildman–Crippen MR) is 130 cm³/mol. The van der Waals surface area contributed by atoms with Crippen LogP contribution in [0.5, 0.6) is 0 Å². The van der Waals surface area contributed by atoms with Crippen molar-refractivity contribution in [3.8, 4) is 0 Å². The molecule has 1 atom stereocenters. The van der Waals surface area contributed by atoms with Crippen LogP contribution in [0.25, 0.3) is 10.2 Å². The zero-order valence-electron chi connectivity index (χ0n) is 17.1. The Morgan fingerprint density at radius 2 is 1.81 bits per heavy atom. The first-order chi connectivity index (χ1) is 15.5. The largest absolute Gasteiger partial charge is 0.301 e. The second-order valence-electron chi connectivity index (χ2n) is 7.71. The topological polar surface area (TPSA) is 84.0 Å². The number of carbonyl (C=O) groups is 2. The lowest BCUT2D eigenvalue weighted by atomic mass is 9.90. The van der Waals surface area contributed by atoms with E-state index in [1.54, 1.807) is 24.3 Å². The molecule has 2 heterocycles. The van der Waals surface area contributed by atoms with E-state index in [0.717, 1.165) is 45.6 Å². The van der Waals surface area contributed by atoms with E-state index >= 15 is 0 Å². The number of rotatable bonds is 4. The number of thiazole rings is 2. The number of hydrogen-bond acceptors (Lipinski definition) is 6. The van der Waals surface area contributed by atoms with E-state index in [0.29, 0.717) is 20.8 Å². The van der Waals surface area contributed by atoms with Gasteiger partial charge in [-0.15, -0.1) is 11.3 Å². The number of halogens is 1. The highest BCUT2D eigenvalue weighted by Gasteiger charge is 2.31. The van der Waals surface area contributed by atoms with Gasteiger partial charge in [0.2, 0.25) is 5.91 Å². The molecule has 2 aromatic heterocycles. The Labute approximate surface area is 197 Å². The summed E-state index contributed by atoms with van der Waals surface area (Å²) in [6.45, 7) is 2.03. The summed E-state index contributed by atoms with van der Waals surface area (Å²) in [6, 6.07) is 12.7. The first kappa shape index (κ1) is 21.1. The molecular weight excluding hydrogens is 464 g/mol. The molecule has 2 amide bonds. The summed E-state index contributed by atoms with van der Waals surface area (Å²) < 4.78 is 1.05. The summed E-state index contributed by atoms with van der Waals surface area (Å²) >= 11 is 8.80. The molecule has 9 heteroatoms. The van der Waals surface area contributed by atoms with Crippen LogP contribution in [0, 0.1) is 6.92 Å². The van der Waals surface area contributed by atoms with Crippen molar-refractivity contribution in [2.75, 3.05) is 10.6 Å². The minimum Gasteiger partial charge on any atom is -0.301 e. The number of fused-ring (bicyclic) bond motifs is 2. The van der Waals surface area contributed by atoms with Crippen molar-refractivity contribution in [3.63, 3.8) is 0 Å². The van der Waals surface area contributed by atoms with E-state index in [-0.39, 0.29) is 17.7 Å². The molecule has 0 radical (unpaired) electrons. The Morgan fingerprint density at radius 3 is 2.62 bits per heavy atom. The third kappa shape index (κ3) is 4.26. The molecule has 4 aromatic rings. The molecule has 1 aliphatic rings. The summed E-state index contributed by atoms with van der Waals surface area (Å²) in [4.78, 5) is 35.8. The number of aromatic nitrogens is 2. The molecule has 0 fully saturated rings. The fourth-order valence-corrected chi connectivity index (χ4v) is 5.93. The maximum absolute atomic E-state index is 13.1. The van der Waals surface area contributed by atoms with Crippen LogP contribution in [0.3, 0.4) is 0 Å². The van der Waals surface area contributed by atoms with Gasteiger partial charge in [0.05, 0.1) is 21.8 Å². The minimum absolute atomic E-state index is 0.109. The second kappa shape index (κ2) is 8.61. The average molecular weight is 483 g/mol. The van der Waals surface area contributed by atoms with Crippen LogP contribution in [0.4, 0.5) is 10.3 Å². The molecule has 0 saturated carbocycles. The van der Waals surface area contributed by atoms with Gasteiger partial charge in [-0.3, -0.25) is 14.9 Å². The highest BCUT2D eigenvalue weighted by atomic mass is 35.5. The van der Waals surface area contributed by atoms with Crippen LogP contribution < -0.4 is 10.6 Å². The molecule has 1 aliphatic carbocycles. The van der Waals surface area contributed by atoms with E-state index in [4.69, 9.17) is 11.6 Å². The van der Waals surface area contributed by atoms with E-state index in [9.17, 15) is 9.59 Å². The van der Waals surface area contributed by atoms with E-state index in [1.165, 1.54) is 22.7 Å². The Morgan fingerprint density at radius 1 is 1.03 bits per heavy atom. The normalized spacial score (nSPS) is 15.4. The van der Waals surface area contributed by atoms with Crippen LogP contribution in [-0.2, 0) is 11.2 Å². The number of benzene rings is 2. The van der Waals surface area contributed by atoms with Crippen molar-refractivity contribution in [2.24, 2.45) is 0 Å². The van der Waals surface area contributed by atoms with Gasteiger partial charge in [-0.2, -0.15) is 0 Å². The molecule has 2 aromatic carbocycles. The zero-order chi connectivity index (χ0) is 22.2. The molecule has 0 saturated heterocycles. The maximum atomic E-state index is 13.1. The van der Waals surface area contributed by atoms with Crippen molar-refractivity contribution in [3.05, 3.63) is 69.2 Å². The summed E-state index contributed by atoms with van der Waals surface area (Å²) in [5, 5.41) is 7.50. The number of amides is 2. The van der Waals surface area contributed by atoms with Gasteiger partial charge in [-0.25, -0.2) is 9.97 Å². The standard InChI is InChI=1S/C23H19ClN4O2S2/c1-12-5-10-16-18(11-12)32-22(25-16)28-21(30)15-3-2-4-17-19(15)26-23(31-17)27-20(29)13-6-8-14(24)9-7-13/h5-11,15H,2-4H2,1H3,(H,25,28,30)(H,26,27,29).